The lowest BCUT2D eigenvalue weighted by atomic mass is 10.2. The van der Waals surface area contributed by atoms with Crippen molar-refractivity contribution in [2.24, 2.45) is 10.7 Å². The number of guanidine groups is 1. The Hall–Kier alpha value is -0.770. The van der Waals surface area contributed by atoms with Gasteiger partial charge in [0.15, 0.2) is 5.96 Å². The van der Waals surface area contributed by atoms with Crippen LogP contribution >= 0.6 is 0 Å². The molecule has 0 spiro atoms. The number of rotatable bonds is 4. The Kier molecular flexibility index (Phi) is 3.34. The molecule has 4 nitrogen and oxygen atoms in total. The highest BCUT2D eigenvalue weighted by Crippen LogP contribution is 2.22. The minimum atomic E-state index is 0.185. The van der Waals surface area contributed by atoms with Crippen molar-refractivity contribution in [3.05, 3.63) is 0 Å². The summed E-state index contributed by atoms with van der Waals surface area (Å²) in [5.74, 6) is 0.512. The minimum absolute atomic E-state index is 0.185. The van der Waals surface area contributed by atoms with Gasteiger partial charge in [-0.2, -0.15) is 0 Å². The van der Waals surface area contributed by atoms with Crippen LogP contribution in [0.5, 0.6) is 0 Å². The predicted molar refractivity (Wildman–Crippen MR) is 48.9 cm³/mol. The van der Waals surface area contributed by atoms with E-state index in [0.717, 1.165) is 12.8 Å². The Morgan fingerprint density at radius 1 is 1.75 bits per heavy atom. The van der Waals surface area contributed by atoms with Crippen molar-refractivity contribution >= 4 is 5.96 Å². The van der Waals surface area contributed by atoms with Gasteiger partial charge >= 0.3 is 0 Å². The van der Waals surface area contributed by atoms with Gasteiger partial charge in [-0.15, -0.1) is 0 Å². The largest absolute Gasteiger partial charge is 0.396 e. The molecule has 0 aromatic heterocycles. The van der Waals surface area contributed by atoms with Crippen LogP contribution in [0.4, 0.5) is 0 Å². The number of aliphatic imine (C=N–C) groups is 1. The van der Waals surface area contributed by atoms with Crippen molar-refractivity contribution in [2.45, 2.75) is 38.3 Å². The van der Waals surface area contributed by atoms with E-state index in [-0.39, 0.29) is 12.6 Å². The van der Waals surface area contributed by atoms with E-state index in [0.29, 0.717) is 18.4 Å². The number of aliphatic hydroxyl groups excluding tert-OH is 1. The second-order valence-electron chi connectivity index (χ2n) is 3.30. The summed E-state index contributed by atoms with van der Waals surface area (Å²) in [6.07, 6.45) is 3.04. The van der Waals surface area contributed by atoms with Crippen LogP contribution in [0.2, 0.25) is 0 Å². The van der Waals surface area contributed by atoms with Gasteiger partial charge in [-0.3, -0.25) is 4.99 Å². The summed E-state index contributed by atoms with van der Waals surface area (Å²) in [6.45, 7) is 2.16. The number of aliphatic hydroxyl groups is 1. The van der Waals surface area contributed by atoms with Crippen LogP contribution in [0.3, 0.4) is 0 Å². The van der Waals surface area contributed by atoms with E-state index >= 15 is 0 Å². The van der Waals surface area contributed by atoms with Crippen LogP contribution in [0.1, 0.15) is 26.2 Å². The van der Waals surface area contributed by atoms with E-state index in [1.807, 2.05) is 6.92 Å². The fourth-order valence-electron chi connectivity index (χ4n) is 0.956. The van der Waals surface area contributed by atoms with Crippen LogP contribution in [0.15, 0.2) is 4.99 Å². The van der Waals surface area contributed by atoms with Crippen molar-refractivity contribution in [1.29, 1.82) is 0 Å². The van der Waals surface area contributed by atoms with E-state index in [2.05, 4.69) is 10.3 Å². The highest BCUT2D eigenvalue weighted by Gasteiger charge is 2.20. The summed E-state index contributed by atoms with van der Waals surface area (Å²) in [5.41, 5.74) is 5.60. The van der Waals surface area contributed by atoms with Crippen LogP contribution in [0.25, 0.3) is 0 Å². The van der Waals surface area contributed by atoms with Crippen LogP contribution < -0.4 is 11.1 Å². The van der Waals surface area contributed by atoms with Gasteiger partial charge in [0.25, 0.3) is 0 Å². The molecule has 1 aliphatic carbocycles. The molecule has 0 amide bonds. The third kappa shape index (κ3) is 3.57. The molecule has 1 atom stereocenters. The fourth-order valence-corrected chi connectivity index (χ4v) is 0.956. The SMILES string of the molecule is CC(CCO)NC(N)=NC1CC1. The van der Waals surface area contributed by atoms with Gasteiger partial charge in [-0.25, -0.2) is 0 Å². The molecule has 4 N–H and O–H groups in total. The maximum Gasteiger partial charge on any atom is 0.189 e. The van der Waals surface area contributed by atoms with Crippen LogP contribution in [-0.4, -0.2) is 29.8 Å². The van der Waals surface area contributed by atoms with E-state index in [4.69, 9.17) is 10.8 Å². The first kappa shape index (κ1) is 9.32. The molecule has 1 saturated carbocycles. The molecule has 0 saturated heterocycles. The summed E-state index contributed by atoms with van der Waals surface area (Å²) in [4.78, 5) is 4.21. The fraction of sp³-hybridized carbons (Fsp3) is 0.875. The molecule has 70 valence electrons. The second kappa shape index (κ2) is 4.30. The molecule has 1 unspecified atom stereocenters. The zero-order chi connectivity index (χ0) is 8.97. The molecule has 0 aliphatic heterocycles. The third-order valence-corrected chi connectivity index (χ3v) is 1.82. The summed E-state index contributed by atoms with van der Waals surface area (Å²) >= 11 is 0. The van der Waals surface area contributed by atoms with Crippen LogP contribution in [0, 0.1) is 0 Å². The molecule has 0 heterocycles. The van der Waals surface area contributed by atoms with Gasteiger partial charge in [0.05, 0.1) is 6.04 Å². The summed E-state index contributed by atoms with van der Waals surface area (Å²) in [5, 5.41) is 11.6. The maximum absolute atomic E-state index is 8.62. The average Bonchev–Trinajstić information content (AvgIpc) is 2.71. The van der Waals surface area contributed by atoms with E-state index < -0.39 is 0 Å². The molecule has 0 aromatic carbocycles. The third-order valence-electron chi connectivity index (χ3n) is 1.82. The smallest absolute Gasteiger partial charge is 0.189 e. The van der Waals surface area contributed by atoms with E-state index in [1.165, 1.54) is 0 Å². The zero-order valence-corrected chi connectivity index (χ0v) is 7.45. The first-order valence-electron chi connectivity index (χ1n) is 4.43. The molecule has 1 rings (SSSR count). The first-order valence-corrected chi connectivity index (χ1v) is 4.43. The first-order chi connectivity index (χ1) is 5.72. The number of hydrogen-bond donors (Lipinski definition) is 3. The molecular weight excluding hydrogens is 154 g/mol. The molecule has 1 fully saturated rings. The zero-order valence-electron chi connectivity index (χ0n) is 7.45. The van der Waals surface area contributed by atoms with Crippen LogP contribution in [-0.2, 0) is 0 Å². The number of hydrogen-bond acceptors (Lipinski definition) is 2. The van der Waals surface area contributed by atoms with Gasteiger partial charge in [0.2, 0.25) is 0 Å². The lowest BCUT2D eigenvalue weighted by Crippen LogP contribution is -2.39. The highest BCUT2D eigenvalue weighted by molar-refractivity contribution is 5.78. The quantitative estimate of drug-likeness (QED) is 0.406. The Labute approximate surface area is 72.9 Å². The average molecular weight is 171 g/mol. The number of nitrogens with zero attached hydrogens (tertiary/aromatic N) is 1. The maximum atomic E-state index is 8.62. The summed E-state index contributed by atoms with van der Waals surface area (Å²) < 4.78 is 0. The highest BCUT2D eigenvalue weighted by atomic mass is 16.3. The van der Waals surface area contributed by atoms with Crippen molar-refractivity contribution in [2.75, 3.05) is 6.61 Å². The van der Waals surface area contributed by atoms with E-state index in [9.17, 15) is 0 Å². The van der Waals surface area contributed by atoms with Crippen molar-refractivity contribution in [3.8, 4) is 0 Å². The molecule has 0 radical (unpaired) electrons. The molecule has 12 heavy (non-hydrogen) atoms. The topological polar surface area (TPSA) is 70.6 Å². The van der Waals surface area contributed by atoms with Gasteiger partial charge < -0.3 is 16.2 Å². The Bertz CT molecular complexity index is 166. The lowest BCUT2D eigenvalue weighted by Gasteiger charge is -2.12. The summed E-state index contributed by atoms with van der Waals surface area (Å²) in [7, 11) is 0. The molecule has 0 bridgehead atoms. The van der Waals surface area contributed by atoms with Gasteiger partial charge in [-0.1, -0.05) is 0 Å². The Morgan fingerprint density at radius 2 is 2.42 bits per heavy atom. The molecule has 0 aromatic rings. The molecule has 4 heteroatoms. The van der Waals surface area contributed by atoms with E-state index in [1.54, 1.807) is 0 Å². The minimum Gasteiger partial charge on any atom is -0.396 e. The second-order valence-corrected chi connectivity index (χ2v) is 3.30. The monoisotopic (exact) mass is 171 g/mol. The Morgan fingerprint density at radius 3 is 2.92 bits per heavy atom. The lowest BCUT2D eigenvalue weighted by molar-refractivity contribution is 0.275. The van der Waals surface area contributed by atoms with Gasteiger partial charge in [0, 0.05) is 12.6 Å². The Balaban J connectivity index is 2.19. The van der Waals surface area contributed by atoms with Gasteiger partial charge in [-0.05, 0) is 26.2 Å². The molecule has 1 aliphatic rings. The van der Waals surface area contributed by atoms with Crippen molar-refractivity contribution < 1.29 is 5.11 Å². The normalized spacial score (nSPS) is 20.7. The van der Waals surface area contributed by atoms with Gasteiger partial charge in [0.1, 0.15) is 0 Å². The number of nitrogens with two attached hydrogens (primary N) is 1. The number of nitrogens with one attached hydrogen (secondary N) is 1. The summed E-state index contributed by atoms with van der Waals surface area (Å²) in [6, 6.07) is 0.663. The standard InChI is InChI=1S/C8H17N3O/c1-6(4-5-12)10-8(9)11-7-2-3-7/h6-7,12H,2-5H2,1H3,(H3,9,10,11). The van der Waals surface area contributed by atoms with Crippen molar-refractivity contribution in [3.63, 3.8) is 0 Å². The predicted octanol–water partition coefficient (Wildman–Crippen LogP) is -0.176. The molecular formula is C8H17N3O. The van der Waals surface area contributed by atoms with Crippen molar-refractivity contribution in [1.82, 2.24) is 5.32 Å².